The van der Waals surface area contributed by atoms with Gasteiger partial charge >= 0.3 is 0 Å². The smallest absolute Gasteiger partial charge is 0.273 e. The molecule has 2 aromatic rings. The number of nitrogen functional groups attached to an aromatic ring is 1. The van der Waals surface area contributed by atoms with Gasteiger partial charge in [0, 0.05) is 18.0 Å². The minimum absolute atomic E-state index is 0.134. The van der Waals surface area contributed by atoms with Crippen LogP contribution in [0.4, 0.5) is 11.5 Å². The molecule has 0 spiro atoms. The summed E-state index contributed by atoms with van der Waals surface area (Å²) in [7, 11) is -3.31. The molecule has 1 heterocycles. The SMILES string of the molecule is CS(=O)(=O)c1cccc(NC(=O)c2cc(N)n[nH]2)c1. The highest BCUT2D eigenvalue weighted by molar-refractivity contribution is 7.90. The first kappa shape index (κ1) is 13.1. The fourth-order valence-corrected chi connectivity index (χ4v) is 2.12. The minimum Gasteiger partial charge on any atom is -0.382 e. The summed E-state index contributed by atoms with van der Waals surface area (Å²) in [6, 6.07) is 7.36. The topological polar surface area (TPSA) is 118 Å². The van der Waals surface area contributed by atoms with Crippen molar-refractivity contribution in [3.8, 4) is 0 Å². The summed E-state index contributed by atoms with van der Waals surface area (Å²) in [5.41, 5.74) is 5.96. The molecule has 0 radical (unpaired) electrons. The summed E-state index contributed by atoms with van der Waals surface area (Å²) < 4.78 is 22.8. The normalized spacial score (nSPS) is 11.2. The van der Waals surface area contributed by atoms with Gasteiger partial charge in [-0.3, -0.25) is 9.89 Å². The zero-order valence-electron chi connectivity index (χ0n) is 10.0. The van der Waals surface area contributed by atoms with Crippen molar-refractivity contribution < 1.29 is 13.2 Å². The van der Waals surface area contributed by atoms with Crippen LogP contribution in [-0.4, -0.2) is 30.8 Å². The van der Waals surface area contributed by atoms with E-state index >= 15 is 0 Å². The van der Waals surface area contributed by atoms with Crippen molar-refractivity contribution in [2.75, 3.05) is 17.3 Å². The van der Waals surface area contributed by atoms with Gasteiger partial charge in [-0.1, -0.05) is 6.07 Å². The lowest BCUT2D eigenvalue weighted by Gasteiger charge is -2.05. The molecule has 0 atom stereocenters. The Morgan fingerprint density at radius 2 is 2.11 bits per heavy atom. The van der Waals surface area contributed by atoms with Crippen LogP contribution >= 0.6 is 0 Å². The summed E-state index contributed by atoms with van der Waals surface area (Å²) in [5.74, 6) is -0.245. The van der Waals surface area contributed by atoms with E-state index in [-0.39, 0.29) is 16.4 Å². The highest BCUT2D eigenvalue weighted by Gasteiger charge is 2.11. The number of hydrogen-bond donors (Lipinski definition) is 3. The number of H-pyrrole nitrogens is 1. The highest BCUT2D eigenvalue weighted by atomic mass is 32.2. The predicted molar refractivity (Wildman–Crippen MR) is 70.5 cm³/mol. The predicted octanol–water partition coefficient (Wildman–Crippen LogP) is 0.648. The summed E-state index contributed by atoms with van der Waals surface area (Å²) in [4.78, 5) is 11.9. The standard InChI is InChI=1S/C11H12N4O3S/c1-19(17,18)8-4-2-3-7(5-8)13-11(16)9-6-10(12)15-14-9/h2-6H,1H3,(H,13,16)(H3,12,14,15). The van der Waals surface area contributed by atoms with Crippen LogP contribution in [0.2, 0.25) is 0 Å². The third kappa shape index (κ3) is 3.10. The molecule has 0 aliphatic carbocycles. The van der Waals surface area contributed by atoms with E-state index in [0.29, 0.717) is 5.69 Å². The average molecular weight is 280 g/mol. The van der Waals surface area contributed by atoms with Crippen LogP contribution in [0.5, 0.6) is 0 Å². The van der Waals surface area contributed by atoms with Gasteiger partial charge in [0.1, 0.15) is 11.5 Å². The van der Waals surface area contributed by atoms with Crippen molar-refractivity contribution in [2.24, 2.45) is 0 Å². The van der Waals surface area contributed by atoms with E-state index in [9.17, 15) is 13.2 Å². The number of benzene rings is 1. The lowest BCUT2D eigenvalue weighted by Crippen LogP contribution is -2.12. The molecule has 0 saturated carbocycles. The third-order valence-electron chi connectivity index (χ3n) is 2.36. The molecule has 1 aromatic heterocycles. The number of carbonyl (C=O) groups is 1. The molecule has 0 bridgehead atoms. The maximum atomic E-state index is 11.8. The van der Waals surface area contributed by atoms with E-state index in [4.69, 9.17) is 5.73 Å². The van der Waals surface area contributed by atoms with Gasteiger partial charge in [0.2, 0.25) is 0 Å². The Bertz CT molecular complexity index is 721. The molecule has 0 aliphatic heterocycles. The summed E-state index contributed by atoms with van der Waals surface area (Å²) >= 11 is 0. The molecule has 2 rings (SSSR count). The number of nitrogens with one attached hydrogen (secondary N) is 2. The number of hydrogen-bond acceptors (Lipinski definition) is 5. The number of anilines is 2. The second-order valence-electron chi connectivity index (χ2n) is 3.96. The Morgan fingerprint density at radius 3 is 2.68 bits per heavy atom. The second kappa shape index (κ2) is 4.73. The Hall–Kier alpha value is -2.35. The summed E-state index contributed by atoms with van der Waals surface area (Å²) in [5, 5.41) is 8.65. The Morgan fingerprint density at radius 1 is 1.37 bits per heavy atom. The van der Waals surface area contributed by atoms with Crippen molar-refractivity contribution in [1.29, 1.82) is 0 Å². The zero-order valence-corrected chi connectivity index (χ0v) is 10.9. The molecule has 19 heavy (non-hydrogen) atoms. The maximum absolute atomic E-state index is 11.8. The van der Waals surface area contributed by atoms with Crippen LogP contribution in [0, 0.1) is 0 Å². The zero-order chi connectivity index (χ0) is 14.0. The van der Waals surface area contributed by atoms with E-state index < -0.39 is 15.7 Å². The first-order chi connectivity index (χ1) is 8.86. The van der Waals surface area contributed by atoms with Gasteiger partial charge < -0.3 is 11.1 Å². The number of nitrogens with two attached hydrogens (primary N) is 1. The van der Waals surface area contributed by atoms with E-state index in [0.717, 1.165) is 6.26 Å². The highest BCUT2D eigenvalue weighted by Crippen LogP contribution is 2.16. The second-order valence-corrected chi connectivity index (χ2v) is 5.98. The Kier molecular flexibility index (Phi) is 3.26. The van der Waals surface area contributed by atoms with Crippen molar-refractivity contribution in [1.82, 2.24) is 10.2 Å². The van der Waals surface area contributed by atoms with E-state index in [1.54, 1.807) is 12.1 Å². The molecule has 100 valence electrons. The van der Waals surface area contributed by atoms with Crippen LogP contribution in [0.1, 0.15) is 10.5 Å². The third-order valence-corrected chi connectivity index (χ3v) is 3.47. The van der Waals surface area contributed by atoms with Gasteiger partial charge in [-0.2, -0.15) is 5.10 Å². The number of sulfone groups is 1. The number of nitrogens with zero attached hydrogens (tertiary/aromatic N) is 1. The van der Waals surface area contributed by atoms with Crippen LogP contribution in [0.25, 0.3) is 0 Å². The number of aromatic nitrogens is 2. The van der Waals surface area contributed by atoms with Crippen molar-refractivity contribution in [3.63, 3.8) is 0 Å². The van der Waals surface area contributed by atoms with Crippen LogP contribution < -0.4 is 11.1 Å². The quantitative estimate of drug-likeness (QED) is 0.762. The number of aromatic amines is 1. The lowest BCUT2D eigenvalue weighted by atomic mass is 10.3. The summed E-state index contributed by atoms with van der Waals surface area (Å²) in [6.07, 6.45) is 1.10. The fourth-order valence-electron chi connectivity index (χ4n) is 1.46. The van der Waals surface area contributed by atoms with Gasteiger partial charge in [0.15, 0.2) is 9.84 Å². The molecule has 4 N–H and O–H groups in total. The van der Waals surface area contributed by atoms with Gasteiger partial charge in [-0.05, 0) is 18.2 Å². The van der Waals surface area contributed by atoms with Gasteiger partial charge in [-0.15, -0.1) is 0 Å². The Labute approximate surface area is 109 Å². The molecular formula is C11H12N4O3S. The lowest BCUT2D eigenvalue weighted by molar-refractivity contribution is 0.102. The number of rotatable bonds is 3. The molecular weight excluding hydrogens is 268 g/mol. The number of carbonyl (C=O) groups excluding carboxylic acids is 1. The Balaban J connectivity index is 2.22. The van der Waals surface area contributed by atoms with Gasteiger partial charge in [0.25, 0.3) is 5.91 Å². The number of amides is 1. The average Bonchev–Trinajstić information content (AvgIpc) is 2.75. The van der Waals surface area contributed by atoms with Gasteiger partial charge in [-0.25, -0.2) is 8.42 Å². The van der Waals surface area contributed by atoms with E-state index in [1.807, 2.05) is 0 Å². The molecule has 1 aromatic carbocycles. The summed E-state index contributed by atoms with van der Waals surface area (Å²) in [6.45, 7) is 0. The van der Waals surface area contributed by atoms with E-state index in [2.05, 4.69) is 15.5 Å². The van der Waals surface area contributed by atoms with Crippen LogP contribution in [0.15, 0.2) is 35.2 Å². The molecule has 7 nitrogen and oxygen atoms in total. The molecule has 1 amide bonds. The first-order valence-electron chi connectivity index (χ1n) is 5.28. The largest absolute Gasteiger partial charge is 0.382 e. The monoisotopic (exact) mass is 280 g/mol. The molecule has 0 fully saturated rings. The van der Waals surface area contributed by atoms with Crippen molar-refractivity contribution >= 4 is 27.2 Å². The maximum Gasteiger partial charge on any atom is 0.273 e. The van der Waals surface area contributed by atoms with Crippen molar-refractivity contribution in [2.45, 2.75) is 4.90 Å². The molecule has 0 unspecified atom stereocenters. The molecule has 8 heteroatoms. The van der Waals surface area contributed by atoms with Crippen LogP contribution in [-0.2, 0) is 9.84 Å². The van der Waals surface area contributed by atoms with Crippen LogP contribution in [0.3, 0.4) is 0 Å². The van der Waals surface area contributed by atoms with E-state index in [1.165, 1.54) is 18.2 Å². The molecule has 0 saturated heterocycles. The minimum atomic E-state index is -3.31. The fraction of sp³-hybridized carbons (Fsp3) is 0.0909. The van der Waals surface area contributed by atoms with Crippen molar-refractivity contribution in [3.05, 3.63) is 36.0 Å². The van der Waals surface area contributed by atoms with Gasteiger partial charge in [0.05, 0.1) is 4.90 Å². The molecule has 0 aliphatic rings. The first-order valence-corrected chi connectivity index (χ1v) is 7.18.